The molecule has 0 aliphatic rings. The lowest BCUT2D eigenvalue weighted by Crippen LogP contribution is -2.20. The molecule has 0 heterocycles. The maximum atomic E-state index is 12.9. The van der Waals surface area contributed by atoms with Crippen molar-refractivity contribution in [2.75, 3.05) is 6.61 Å². The van der Waals surface area contributed by atoms with Crippen LogP contribution in [0.3, 0.4) is 0 Å². The van der Waals surface area contributed by atoms with Crippen LogP contribution in [-0.4, -0.2) is 24.5 Å². The third-order valence-electron chi connectivity index (χ3n) is 1.68. The molecule has 0 aliphatic heterocycles. The first-order chi connectivity index (χ1) is 6.61. The smallest absolute Gasteiger partial charge is 0.313 e. The summed E-state index contributed by atoms with van der Waals surface area (Å²) in [7, 11) is 0. The first kappa shape index (κ1) is 13.1. The molecule has 0 N–H and O–H groups in total. The molecular formula is C10H17FO3. The van der Waals surface area contributed by atoms with E-state index in [1.807, 2.05) is 6.92 Å². The molecule has 0 aromatic heterocycles. The molecular weight excluding hydrogens is 187 g/mol. The minimum absolute atomic E-state index is 0.180. The predicted molar refractivity (Wildman–Crippen MR) is 50.7 cm³/mol. The van der Waals surface area contributed by atoms with E-state index in [9.17, 15) is 14.0 Å². The molecule has 0 aromatic rings. The van der Waals surface area contributed by atoms with Gasteiger partial charge in [0.25, 0.3) is 0 Å². The number of Topliss-reactive ketones (excluding diaryl/α,β-unsaturated/α-hetero) is 1. The number of esters is 1. The number of carbonyl (C=O) groups is 2. The number of ketones is 1. The van der Waals surface area contributed by atoms with Crippen LogP contribution in [0.15, 0.2) is 0 Å². The van der Waals surface area contributed by atoms with Crippen LogP contribution in [0.4, 0.5) is 4.39 Å². The van der Waals surface area contributed by atoms with Gasteiger partial charge in [-0.1, -0.05) is 20.3 Å². The molecule has 0 saturated heterocycles. The van der Waals surface area contributed by atoms with Crippen LogP contribution in [0.25, 0.3) is 0 Å². The Hall–Kier alpha value is -0.930. The average Bonchev–Trinajstić information content (AvgIpc) is 2.15. The molecule has 0 fully saturated rings. The molecule has 1 unspecified atom stereocenters. The number of halogens is 1. The van der Waals surface area contributed by atoms with Crippen molar-refractivity contribution >= 4 is 11.8 Å². The maximum Gasteiger partial charge on any atom is 0.313 e. The highest BCUT2D eigenvalue weighted by Gasteiger charge is 2.19. The fourth-order valence-electron chi connectivity index (χ4n) is 0.934. The SMILES string of the molecule is CCCOC(=O)CC(=O)C(F)CCC. The van der Waals surface area contributed by atoms with Crippen molar-refractivity contribution in [1.82, 2.24) is 0 Å². The second-order valence-electron chi connectivity index (χ2n) is 3.12. The normalized spacial score (nSPS) is 12.2. The van der Waals surface area contributed by atoms with Crippen molar-refractivity contribution in [3.8, 4) is 0 Å². The molecule has 0 saturated carbocycles. The van der Waals surface area contributed by atoms with E-state index in [4.69, 9.17) is 0 Å². The summed E-state index contributed by atoms with van der Waals surface area (Å²) in [5.74, 6) is -1.30. The number of alkyl halides is 1. The summed E-state index contributed by atoms with van der Waals surface area (Å²) >= 11 is 0. The van der Waals surface area contributed by atoms with Crippen molar-refractivity contribution in [3.63, 3.8) is 0 Å². The second kappa shape index (κ2) is 7.47. The van der Waals surface area contributed by atoms with Gasteiger partial charge in [0.05, 0.1) is 6.61 Å². The lowest BCUT2D eigenvalue weighted by Gasteiger charge is -2.05. The highest BCUT2D eigenvalue weighted by Crippen LogP contribution is 2.06. The average molecular weight is 204 g/mol. The Kier molecular flexibility index (Phi) is 6.98. The highest BCUT2D eigenvalue weighted by molar-refractivity contribution is 5.97. The van der Waals surface area contributed by atoms with E-state index in [-0.39, 0.29) is 13.0 Å². The molecule has 0 amide bonds. The van der Waals surface area contributed by atoms with Gasteiger partial charge < -0.3 is 4.74 Å². The van der Waals surface area contributed by atoms with Gasteiger partial charge in [-0.15, -0.1) is 0 Å². The molecule has 0 aliphatic carbocycles. The van der Waals surface area contributed by atoms with E-state index in [0.29, 0.717) is 12.8 Å². The van der Waals surface area contributed by atoms with Crippen LogP contribution >= 0.6 is 0 Å². The molecule has 0 bridgehead atoms. The Morgan fingerprint density at radius 1 is 1.29 bits per heavy atom. The van der Waals surface area contributed by atoms with Crippen molar-refractivity contribution in [1.29, 1.82) is 0 Å². The zero-order valence-electron chi connectivity index (χ0n) is 8.72. The third-order valence-corrected chi connectivity index (χ3v) is 1.68. The van der Waals surface area contributed by atoms with Gasteiger partial charge in [-0.2, -0.15) is 0 Å². The largest absolute Gasteiger partial charge is 0.465 e. The summed E-state index contributed by atoms with van der Waals surface area (Å²) in [6.45, 7) is 3.93. The minimum Gasteiger partial charge on any atom is -0.465 e. The lowest BCUT2D eigenvalue weighted by molar-refractivity contribution is -0.147. The minimum atomic E-state index is -1.52. The van der Waals surface area contributed by atoms with Gasteiger partial charge in [-0.05, 0) is 12.8 Å². The molecule has 3 nitrogen and oxygen atoms in total. The summed E-state index contributed by atoms with van der Waals surface area (Å²) in [5.41, 5.74) is 0. The summed E-state index contributed by atoms with van der Waals surface area (Å²) in [6.07, 6.45) is -0.486. The zero-order chi connectivity index (χ0) is 11.0. The summed E-state index contributed by atoms with van der Waals surface area (Å²) in [5, 5.41) is 0. The third kappa shape index (κ3) is 5.67. The Labute approximate surface area is 83.6 Å². The van der Waals surface area contributed by atoms with Crippen LogP contribution in [0.2, 0.25) is 0 Å². The molecule has 4 heteroatoms. The van der Waals surface area contributed by atoms with E-state index < -0.39 is 24.3 Å². The molecule has 14 heavy (non-hydrogen) atoms. The van der Waals surface area contributed by atoms with Gasteiger partial charge in [0.1, 0.15) is 6.42 Å². The van der Waals surface area contributed by atoms with E-state index >= 15 is 0 Å². The lowest BCUT2D eigenvalue weighted by atomic mass is 10.1. The zero-order valence-corrected chi connectivity index (χ0v) is 8.72. The molecule has 1 atom stereocenters. The Bertz CT molecular complexity index is 192. The summed E-state index contributed by atoms with van der Waals surface area (Å²) in [4.78, 5) is 21.9. The fourth-order valence-corrected chi connectivity index (χ4v) is 0.934. The quantitative estimate of drug-likeness (QED) is 0.471. The van der Waals surface area contributed by atoms with Gasteiger partial charge in [-0.25, -0.2) is 4.39 Å². The Morgan fingerprint density at radius 3 is 2.43 bits per heavy atom. The van der Waals surface area contributed by atoms with Crippen molar-refractivity contribution in [2.45, 2.75) is 45.7 Å². The Morgan fingerprint density at radius 2 is 1.93 bits per heavy atom. The van der Waals surface area contributed by atoms with Crippen LogP contribution in [0, 0.1) is 0 Å². The standard InChI is InChI=1S/C10H17FO3/c1-3-5-8(11)9(12)7-10(13)14-6-4-2/h8H,3-7H2,1-2H3. The fraction of sp³-hybridized carbons (Fsp3) is 0.800. The van der Waals surface area contributed by atoms with Gasteiger partial charge in [-0.3, -0.25) is 9.59 Å². The van der Waals surface area contributed by atoms with E-state index in [1.165, 1.54) is 0 Å². The first-order valence-corrected chi connectivity index (χ1v) is 4.94. The van der Waals surface area contributed by atoms with Crippen LogP contribution in [-0.2, 0) is 14.3 Å². The number of ether oxygens (including phenoxy) is 1. The predicted octanol–water partition coefficient (Wildman–Crippen LogP) is 2.04. The van der Waals surface area contributed by atoms with Crippen LogP contribution in [0.5, 0.6) is 0 Å². The van der Waals surface area contributed by atoms with Crippen molar-refractivity contribution in [3.05, 3.63) is 0 Å². The maximum absolute atomic E-state index is 12.9. The number of rotatable bonds is 7. The van der Waals surface area contributed by atoms with Crippen LogP contribution < -0.4 is 0 Å². The molecule has 0 aromatic carbocycles. The van der Waals surface area contributed by atoms with E-state index in [2.05, 4.69) is 4.74 Å². The molecule has 0 rings (SSSR count). The Balaban J connectivity index is 3.75. The van der Waals surface area contributed by atoms with Crippen molar-refractivity contribution in [2.24, 2.45) is 0 Å². The summed E-state index contributed by atoms with van der Waals surface area (Å²) < 4.78 is 17.6. The van der Waals surface area contributed by atoms with Crippen LogP contribution in [0.1, 0.15) is 39.5 Å². The number of hydrogen-bond acceptors (Lipinski definition) is 3. The molecule has 0 radical (unpaired) electrons. The number of carbonyl (C=O) groups excluding carboxylic acids is 2. The van der Waals surface area contributed by atoms with E-state index in [0.717, 1.165) is 0 Å². The summed E-state index contributed by atoms with van der Waals surface area (Å²) in [6, 6.07) is 0. The number of hydrogen-bond donors (Lipinski definition) is 0. The van der Waals surface area contributed by atoms with Crippen molar-refractivity contribution < 1.29 is 18.7 Å². The van der Waals surface area contributed by atoms with Gasteiger partial charge >= 0.3 is 5.97 Å². The molecule has 0 spiro atoms. The monoisotopic (exact) mass is 204 g/mol. The molecule has 82 valence electrons. The highest BCUT2D eigenvalue weighted by atomic mass is 19.1. The van der Waals surface area contributed by atoms with E-state index in [1.54, 1.807) is 6.92 Å². The topological polar surface area (TPSA) is 43.4 Å². The first-order valence-electron chi connectivity index (χ1n) is 4.94. The van der Waals surface area contributed by atoms with Gasteiger partial charge in [0.2, 0.25) is 0 Å². The van der Waals surface area contributed by atoms with Gasteiger partial charge in [0, 0.05) is 0 Å². The van der Waals surface area contributed by atoms with Gasteiger partial charge in [0.15, 0.2) is 12.0 Å². The second-order valence-corrected chi connectivity index (χ2v) is 3.12.